The van der Waals surface area contributed by atoms with E-state index in [9.17, 15) is 23.1 Å². The minimum absolute atomic E-state index is 0.143. The summed E-state index contributed by atoms with van der Waals surface area (Å²) in [6.07, 6.45) is -1.02. The maximum Gasteiger partial charge on any atom is 0.416 e. The van der Waals surface area contributed by atoms with Crippen molar-refractivity contribution in [3.05, 3.63) is 70.9 Å². The van der Waals surface area contributed by atoms with Crippen LogP contribution in [0.25, 0.3) is 11.4 Å². The molecule has 3 N–H and O–H groups in total. The molecule has 1 fully saturated rings. The van der Waals surface area contributed by atoms with Crippen molar-refractivity contribution >= 4 is 17.6 Å². The molecular formula is C29H32F3N5O2. The summed E-state index contributed by atoms with van der Waals surface area (Å²) in [5, 5.41) is 9.95. The number of alkyl halides is 3. The number of benzene rings is 2. The molecule has 1 aliphatic carbocycles. The van der Waals surface area contributed by atoms with Gasteiger partial charge in [-0.3, -0.25) is 0 Å². The van der Waals surface area contributed by atoms with Crippen molar-refractivity contribution in [1.29, 1.82) is 0 Å². The zero-order chi connectivity index (χ0) is 27.9. The lowest BCUT2D eigenvalue weighted by atomic mass is 9.83. The monoisotopic (exact) mass is 539 g/mol. The molecule has 1 aliphatic heterocycles. The van der Waals surface area contributed by atoms with Crippen LogP contribution < -0.4 is 5.73 Å². The quantitative estimate of drug-likeness (QED) is 0.349. The van der Waals surface area contributed by atoms with Gasteiger partial charge in [0, 0.05) is 18.7 Å². The van der Waals surface area contributed by atoms with Crippen molar-refractivity contribution < 1.29 is 23.1 Å². The van der Waals surface area contributed by atoms with Crippen LogP contribution in [0.4, 0.5) is 19.0 Å². The predicted octanol–water partition coefficient (Wildman–Crippen LogP) is 6.32. The smallest absolute Gasteiger partial charge is 0.416 e. The number of fused-ring (bicyclic) bond motifs is 1. The van der Waals surface area contributed by atoms with E-state index >= 15 is 0 Å². The van der Waals surface area contributed by atoms with Gasteiger partial charge in [0.15, 0.2) is 5.82 Å². The molecule has 1 unspecified atom stereocenters. The molecule has 1 aromatic heterocycles. The molecule has 7 nitrogen and oxygen atoms in total. The van der Waals surface area contributed by atoms with E-state index in [1.165, 1.54) is 18.6 Å². The number of carboxylic acids is 1. The van der Waals surface area contributed by atoms with Crippen molar-refractivity contribution in [2.45, 2.75) is 64.3 Å². The number of nitrogens with two attached hydrogens (primary N) is 1. The number of halogens is 3. The van der Waals surface area contributed by atoms with Crippen LogP contribution in [0.2, 0.25) is 0 Å². The van der Waals surface area contributed by atoms with Gasteiger partial charge in [-0.2, -0.15) is 13.2 Å². The summed E-state index contributed by atoms with van der Waals surface area (Å²) in [6.45, 7) is 4.81. The number of rotatable bonds is 8. The molecule has 1 saturated carbocycles. The van der Waals surface area contributed by atoms with Crippen molar-refractivity contribution in [3.8, 4) is 11.4 Å². The van der Waals surface area contributed by atoms with Gasteiger partial charge < -0.3 is 20.3 Å². The van der Waals surface area contributed by atoms with Gasteiger partial charge in [0.25, 0.3) is 0 Å². The average molecular weight is 540 g/mol. The lowest BCUT2D eigenvalue weighted by Crippen LogP contribution is -2.46. The fraction of sp³-hybridized carbons (Fsp3) is 0.414. The minimum Gasteiger partial charge on any atom is -0.475 e. The molecule has 5 rings (SSSR count). The first kappa shape index (κ1) is 26.9. The number of aliphatic carboxylic acids is 1. The highest BCUT2D eigenvalue weighted by atomic mass is 19.4. The van der Waals surface area contributed by atoms with E-state index < -0.39 is 23.9 Å². The Morgan fingerprint density at radius 1 is 1.15 bits per heavy atom. The highest BCUT2D eigenvalue weighted by molar-refractivity contribution is 6.35. The molecular weight excluding hydrogens is 507 g/mol. The van der Waals surface area contributed by atoms with Gasteiger partial charge in [0.05, 0.1) is 5.56 Å². The topological polar surface area (TPSA) is 96.7 Å². The zero-order valence-corrected chi connectivity index (χ0v) is 21.9. The first-order valence-corrected chi connectivity index (χ1v) is 13.2. The lowest BCUT2D eigenvalue weighted by molar-refractivity contribution is -0.137. The fourth-order valence-corrected chi connectivity index (χ4v) is 5.19. The highest BCUT2D eigenvalue weighted by Gasteiger charge is 2.37. The molecule has 10 heteroatoms. The van der Waals surface area contributed by atoms with Gasteiger partial charge >= 0.3 is 12.1 Å². The summed E-state index contributed by atoms with van der Waals surface area (Å²) in [7, 11) is 0. The van der Waals surface area contributed by atoms with Crippen LogP contribution in [-0.4, -0.2) is 37.9 Å². The molecule has 0 amide bonds. The number of aromatic nitrogens is 2. The van der Waals surface area contributed by atoms with Gasteiger partial charge in [0.2, 0.25) is 5.84 Å². The van der Waals surface area contributed by atoms with Crippen LogP contribution in [0.15, 0.2) is 53.5 Å². The summed E-state index contributed by atoms with van der Waals surface area (Å²) in [4.78, 5) is 23.0. The average Bonchev–Trinajstić information content (AvgIpc) is 3.22. The van der Waals surface area contributed by atoms with E-state index in [2.05, 4.69) is 18.8 Å². The van der Waals surface area contributed by atoms with E-state index in [4.69, 9.17) is 10.7 Å². The van der Waals surface area contributed by atoms with Gasteiger partial charge in [0.1, 0.15) is 17.7 Å². The molecule has 2 aliphatic rings. The van der Waals surface area contributed by atoms with E-state index in [1.54, 1.807) is 4.90 Å². The normalized spacial score (nSPS) is 17.7. The summed E-state index contributed by atoms with van der Waals surface area (Å²) in [5.41, 5.74) is 9.08. The second-order valence-corrected chi connectivity index (χ2v) is 10.7. The first-order chi connectivity index (χ1) is 18.5. The number of nitrogens with zero attached hydrogens (tertiary/aromatic N) is 4. The largest absolute Gasteiger partial charge is 0.475 e. The van der Waals surface area contributed by atoms with Crippen molar-refractivity contribution in [1.82, 2.24) is 14.5 Å². The third-order valence-electron chi connectivity index (χ3n) is 7.71. The molecule has 39 heavy (non-hydrogen) atoms. The maximum atomic E-state index is 13.2. The summed E-state index contributed by atoms with van der Waals surface area (Å²) in [5.74, 6) is 0.240. The molecule has 2 aromatic carbocycles. The standard InChI is InChI=1S/C29H32F3N5O2/c1-17(2)20-7-4-8-21(15-20)26-34-25-23(37(26)16-19-9-11-22(12-10-19)29(30,31)32)24(33)36(27(35-25)28(38)39)14-13-18-5-3-6-18/h4,7-12,15,17-18,24H,3,5-6,13-14,16,33H2,1-2H3,(H,38,39). The molecule has 3 aromatic rings. The Bertz CT molecular complexity index is 1390. The fourth-order valence-electron chi connectivity index (χ4n) is 5.19. The van der Waals surface area contributed by atoms with Crippen molar-refractivity contribution in [3.63, 3.8) is 0 Å². The second kappa shape index (κ2) is 10.5. The van der Waals surface area contributed by atoms with Gasteiger partial charge in [-0.25, -0.2) is 14.8 Å². The van der Waals surface area contributed by atoms with E-state index in [1.807, 2.05) is 28.8 Å². The Labute approximate surface area is 225 Å². The van der Waals surface area contributed by atoms with Gasteiger partial charge in [-0.05, 0) is 47.6 Å². The number of amidine groups is 1. The number of carbonyl (C=O) groups is 1. The van der Waals surface area contributed by atoms with Gasteiger partial charge in [-0.1, -0.05) is 63.4 Å². The number of carboxylic acid groups (broad SMARTS) is 1. The predicted molar refractivity (Wildman–Crippen MR) is 143 cm³/mol. The lowest BCUT2D eigenvalue weighted by Gasteiger charge is -2.36. The minimum atomic E-state index is -4.43. The molecule has 1 atom stereocenters. The van der Waals surface area contributed by atoms with E-state index in [0.29, 0.717) is 29.5 Å². The molecule has 0 bridgehead atoms. The van der Waals surface area contributed by atoms with Crippen LogP contribution in [0.1, 0.15) is 74.0 Å². The Hall–Kier alpha value is -3.66. The number of hydrogen-bond donors (Lipinski definition) is 2. The van der Waals surface area contributed by atoms with Crippen LogP contribution >= 0.6 is 0 Å². The van der Waals surface area contributed by atoms with E-state index in [-0.39, 0.29) is 24.1 Å². The van der Waals surface area contributed by atoms with E-state index in [0.717, 1.165) is 42.5 Å². The number of aliphatic imine (C=N–C) groups is 1. The Morgan fingerprint density at radius 3 is 2.46 bits per heavy atom. The van der Waals surface area contributed by atoms with Crippen LogP contribution in [0.3, 0.4) is 0 Å². The van der Waals surface area contributed by atoms with Crippen LogP contribution in [0, 0.1) is 5.92 Å². The molecule has 2 heterocycles. The Balaban J connectivity index is 1.60. The Kier molecular flexibility index (Phi) is 7.24. The summed E-state index contributed by atoms with van der Waals surface area (Å²) >= 11 is 0. The third kappa shape index (κ3) is 5.43. The SMILES string of the molecule is CC(C)c1cccc(-c2nc3c(n2Cc2ccc(C(F)(F)F)cc2)C(N)N(CCC2CCC2)C(C(=O)O)=N3)c1. The number of hydrogen-bond acceptors (Lipinski definition) is 5. The van der Waals surface area contributed by atoms with Crippen LogP contribution in [0.5, 0.6) is 0 Å². The summed E-state index contributed by atoms with van der Waals surface area (Å²) < 4.78 is 41.4. The third-order valence-corrected chi connectivity index (χ3v) is 7.71. The van der Waals surface area contributed by atoms with Crippen molar-refractivity contribution in [2.75, 3.05) is 6.54 Å². The molecule has 206 valence electrons. The molecule has 0 saturated heterocycles. The first-order valence-electron chi connectivity index (χ1n) is 13.2. The molecule has 0 spiro atoms. The van der Waals surface area contributed by atoms with Crippen LogP contribution in [-0.2, 0) is 17.5 Å². The van der Waals surface area contributed by atoms with Gasteiger partial charge in [-0.15, -0.1) is 0 Å². The maximum absolute atomic E-state index is 13.2. The summed E-state index contributed by atoms with van der Waals surface area (Å²) in [6, 6.07) is 12.9. The van der Waals surface area contributed by atoms with Crippen molar-refractivity contribution in [2.24, 2.45) is 16.6 Å². The zero-order valence-electron chi connectivity index (χ0n) is 21.9. The second-order valence-electron chi connectivity index (χ2n) is 10.7. The Morgan fingerprint density at radius 2 is 1.87 bits per heavy atom. The highest BCUT2D eigenvalue weighted by Crippen LogP contribution is 2.38. The molecule has 0 radical (unpaired) electrons. The number of imidazole rings is 1.